The molecule has 1 saturated carbocycles. The summed E-state index contributed by atoms with van der Waals surface area (Å²) in [5.74, 6) is -1.98. The topological polar surface area (TPSA) is 50.3 Å². The first-order chi connectivity index (χ1) is 15.8. The van der Waals surface area contributed by atoms with Crippen LogP contribution in [0.5, 0.6) is 0 Å². The van der Waals surface area contributed by atoms with E-state index < -0.39 is 23.9 Å². The van der Waals surface area contributed by atoms with Crippen LogP contribution in [0.4, 0.5) is 19.0 Å². The van der Waals surface area contributed by atoms with E-state index in [1.807, 2.05) is 4.90 Å². The lowest BCUT2D eigenvalue weighted by Crippen LogP contribution is -2.35. The highest BCUT2D eigenvalue weighted by Gasteiger charge is 2.41. The monoisotopic (exact) mass is 434 g/mol. The largest absolute Gasteiger partial charge is 0.377 e. The molecule has 3 heterocycles. The lowest BCUT2D eigenvalue weighted by Gasteiger charge is -2.28. The van der Waals surface area contributed by atoms with Crippen LogP contribution in [0.2, 0.25) is 0 Å². The molecule has 2 aromatic rings. The standard InChI is InChI=1S/C23H27F3N4O/c24-16-9-19(23(26)20(25)10-16)21-4-5-22(29-28-21)27-17-7-14-11-30(12-15(14)8-17)13-18-3-1-2-6-31-18/h4-5,9-10,14-15,17-18H,1-3,6-8,11-13H2,(H,27,29)/t14-,15+,17?,18-/m1/s1/i13D2. The normalized spacial score (nSPS) is 30.0. The Hall–Kier alpha value is -2.19. The minimum absolute atomic E-state index is 0.0579. The molecule has 31 heavy (non-hydrogen) atoms. The Balaban J connectivity index is 1.19. The summed E-state index contributed by atoms with van der Waals surface area (Å²) >= 11 is 0. The number of anilines is 1. The third-order valence-corrected chi connectivity index (χ3v) is 6.54. The van der Waals surface area contributed by atoms with Crippen LogP contribution < -0.4 is 5.32 Å². The first kappa shape index (κ1) is 18.4. The van der Waals surface area contributed by atoms with E-state index in [9.17, 15) is 13.2 Å². The summed E-state index contributed by atoms with van der Waals surface area (Å²) in [6, 6.07) is 4.69. The van der Waals surface area contributed by atoms with Crippen LogP contribution in [0.15, 0.2) is 24.3 Å². The molecule has 1 aromatic heterocycles. The van der Waals surface area contributed by atoms with Gasteiger partial charge in [0.1, 0.15) is 11.6 Å². The second-order valence-corrected chi connectivity index (χ2v) is 8.78. The SMILES string of the molecule is [2H]C([2H])([C@H]1CCCCO1)N1C[C@H]2CC(Nc3ccc(-c4cc(F)cc(F)c4F)nn3)C[C@H]2C1. The van der Waals surface area contributed by atoms with Gasteiger partial charge >= 0.3 is 0 Å². The fraction of sp³-hybridized carbons (Fsp3) is 0.565. The van der Waals surface area contributed by atoms with Crippen LogP contribution in [0.3, 0.4) is 0 Å². The van der Waals surface area contributed by atoms with Crippen LogP contribution in [-0.2, 0) is 4.74 Å². The average Bonchev–Trinajstić information content (AvgIpc) is 3.37. The van der Waals surface area contributed by atoms with E-state index in [0.717, 1.165) is 38.2 Å². The number of likely N-dealkylation sites (tertiary alicyclic amines) is 1. The number of rotatable bonds is 5. The summed E-state index contributed by atoms with van der Waals surface area (Å²) in [5, 5.41) is 11.4. The van der Waals surface area contributed by atoms with Crippen molar-refractivity contribution >= 4 is 5.82 Å². The van der Waals surface area contributed by atoms with E-state index in [0.29, 0.717) is 43.4 Å². The highest BCUT2D eigenvalue weighted by molar-refractivity contribution is 5.60. The van der Waals surface area contributed by atoms with Crippen molar-refractivity contribution in [2.75, 3.05) is 31.5 Å². The van der Waals surface area contributed by atoms with Gasteiger partial charge in [-0.3, -0.25) is 0 Å². The summed E-state index contributed by atoms with van der Waals surface area (Å²) in [5.41, 5.74) is -0.208. The van der Waals surface area contributed by atoms with Gasteiger partial charge in [-0.2, -0.15) is 0 Å². The first-order valence-electron chi connectivity index (χ1n) is 11.9. The molecule has 2 saturated heterocycles. The molecule has 0 radical (unpaired) electrons. The molecule has 1 aliphatic carbocycles. The molecule has 1 N–H and O–H groups in total. The molecule has 0 spiro atoms. The quantitative estimate of drug-likeness (QED) is 0.713. The second-order valence-electron chi connectivity index (χ2n) is 8.78. The lowest BCUT2D eigenvalue weighted by atomic mass is 10.0. The van der Waals surface area contributed by atoms with Crippen molar-refractivity contribution in [1.82, 2.24) is 15.1 Å². The second kappa shape index (κ2) is 8.74. The molecular formula is C23H27F3N4O. The Kier molecular flexibility index (Phi) is 5.19. The van der Waals surface area contributed by atoms with Crippen molar-refractivity contribution in [2.45, 2.75) is 44.2 Å². The lowest BCUT2D eigenvalue weighted by molar-refractivity contribution is -0.00303. The van der Waals surface area contributed by atoms with Gasteiger partial charge in [0.15, 0.2) is 11.6 Å². The van der Waals surface area contributed by atoms with Gasteiger partial charge in [0, 0.05) is 46.6 Å². The van der Waals surface area contributed by atoms with Gasteiger partial charge in [-0.1, -0.05) is 0 Å². The highest BCUT2D eigenvalue weighted by Crippen LogP contribution is 2.39. The van der Waals surface area contributed by atoms with Crippen molar-refractivity contribution in [1.29, 1.82) is 0 Å². The minimum atomic E-state index is -1.44. The summed E-state index contributed by atoms with van der Waals surface area (Å²) in [4.78, 5) is 1.95. The Morgan fingerprint density at radius 3 is 2.58 bits per heavy atom. The number of fused-ring (bicyclic) bond motifs is 1. The van der Waals surface area contributed by atoms with Gasteiger partial charge in [-0.05, 0) is 62.1 Å². The van der Waals surface area contributed by atoms with Crippen molar-refractivity contribution in [2.24, 2.45) is 11.8 Å². The third-order valence-electron chi connectivity index (χ3n) is 6.54. The zero-order chi connectivity index (χ0) is 23.2. The molecular weight excluding hydrogens is 405 g/mol. The molecule has 1 aromatic carbocycles. The van der Waals surface area contributed by atoms with E-state index in [2.05, 4.69) is 15.5 Å². The fourth-order valence-corrected chi connectivity index (χ4v) is 5.07. The number of nitrogens with zero attached hydrogens (tertiary/aromatic N) is 3. The predicted molar refractivity (Wildman–Crippen MR) is 111 cm³/mol. The first-order valence-corrected chi connectivity index (χ1v) is 10.9. The number of halogens is 3. The molecule has 3 fully saturated rings. The summed E-state index contributed by atoms with van der Waals surface area (Å²) < 4.78 is 63.9. The van der Waals surface area contributed by atoms with Crippen molar-refractivity contribution in [3.8, 4) is 11.3 Å². The van der Waals surface area contributed by atoms with Crippen LogP contribution in [0.25, 0.3) is 11.3 Å². The molecule has 5 rings (SSSR count). The number of benzene rings is 1. The van der Waals surface area contributed by atoms with E-state index in [-0.39, 0.29) is 23.4 Å². The third kappa shape index (κ3) is 4.55. The molecule has 8 heteroatoms. The summed E-state index contributed by atoms with van der Waals surface area (Å²) in [6.07, 6.45) is 4.22. The Morgan fingerprint density at radius 2 is 1.90 bits per heavy atom. The van der Waals surface area contributed by atoms with Crippen LogP contribution in [-0.4, -0.2) is 53.4 Å². The molecule has 0 bridgehead atoms. The highest BCUT2D eigenvalue weighted by atomic mass is 19.2. The van der Waals surface area contributed by atoms with Gasteiger partial charge in [-0.15, -0.1) is 10.2 Å². The summed E-state index contributed by atoms with van der Waals surface area (Å²) in [7, 11) is 0. The molecule has 166 valence electrons. The van der Waals surface area contributed by atoms with Gasteiger partial charge in [0.05, 0.1) is 11.8 Å². The van der Waals surface area contributed by atoms with Crippen LogP contribution >= 0.6 is 0 Å². The van der Waals surface area contributed by atoms with E-state index in [1.165, 1.54) is 6.07 Å². The number of ether oxygens (including phenoxy) is 1. The molecule has 0 amide bonds. The zero-order valence-electron chi connectivity index (χ0n) is 19.2. The number of nitrogens with one attached hydrogen (secondary N) is 1. The number of hydrogen-bond donors (Lipinski definition) is 1. The number of aromatic nitrogens is 2. The molecule has 3 aliphatic rings. The Morgan fingerprint density at radius 1 is 1.10 bits per heavy atom. The summed E-state index contributed by atoms with van der Waals surface area (Å²) in [6.45, 7) is 0.619. The number of hydrogen-bond acceptors (Lipinski definition) is 5. The van der Waals surface area contributed by atoms with Crippen molar-refractivity contribution in [3.63, 3.8) is 0 Å². The fourth-order valence-electron chi connectivity index (χ4n) is 5.07. The molecule has 5 nitrogen and oxygen atoms in total. The molecule has 1 unspecified atom stereocenters. The molecule has 2 aliphatic heterocycles. The maximum atomic E-state index is 14.0. The van der Waals surface area contributed by atoms with Gasteiger partial charge in [0.2, 0.25) is 0 Å². The van der Waals surface area contributed by atoms with Gasteiger partial charge in [-0.25, -0.2) is 13.2 Å². The van der Waals surface area contributed by atoms with E-state index in [4.69, 9.17) is 7.48 Å². The Bertz CT molecular complexity index is 990. The zero-order valence-corrected chi connectivity index (χ0v) is 17.2. The minimum Gasteiger partial charge on any atom is -0.377 e. The molecule has 4 atom stereocenters. The van der Waals surface area contributed by atoms with Crippen LogP contribution in [0, 0.1) is 29.3 Å². The van der Waals surface area contributed by atoms with Gasteiger partial charge in [0.25, 0.3) is 0 Å². The van der Waals surface area contributed by atoms with E-state index in [1.54, 1.807) is 6.07 Å². The maximum Gasteiger partial charge on any atom is 0.168 e. The smallest absolute Gasteiger partial charge is 0.168 e. The average molecular weight is 435 g/mol. The van der Waals surface area contributed by atoms with Gasteiger partial charge < -0.3 is 15.0 Å². The van der Waals surface area contributed by atoms with Crippen molar-refractivity contribution < 1.29 is 20.6 Å². The predicted octanol–water partition coefficient (Wildman–Crippen LogP) is 4.25. The maximum absolute atomic E-state index is 14.0. The van der Waals surface area contributed by atoms with E-state index >= 15 is 0 Å². The van der Waals surface area contributed by atoms with Crippen molar-refractivity contribution in [3.05, 3.63) is 41.7 Å². The Labute approximate surface area is 182 Å². The van der Waals surface area contributed by atoms with Crippen LogP contribution in [0.1, 0.15) is 34.8 Å².